The van der Waals surface area contributed by atoms with Crippen molar-refractivity contribution < 1.29 is 19.3 Å². The first kappa shape index (κ1) is 30.1. The van der Waals surface area contributed by atoms with Crippen molar-refractivity contribution in [1.29, 1.82) is 0 Å². The average molecular weight is 446 g/mol. The summed E-state index contributed by atoms with van der Waals surface area (Å²) in [7, 11) is 0. The Balaban J connectivity index is 4.59. The van der Waals surface area contributed by atoms with Gasteiger partial charge in [0, 0.05) is 11.6 Å². The molecule has 0 radical (unpaired) electrons. The van der Waals surface area contributed by atoms with Gasteiger partial charge in [-0.25, -0.2) is 5.84 Å². The Hall–Kier alpha value is -0.860. The topological polar surface area (TPSA) is 103 Å². The summed E-state index contributed by atoms with van der Waals surface area (Å²) >= 11 is 0. The van der Waals surface area contributed by atoms with Gasteiger partial charge in [-0.05, 0) is 45.4 Å². The summed E-state index contributed by atoms with van der Waals surface area (Å²) in [4.78, 5) is 0. The molecule has 0 aliphatic carbocycles. The summed E-state index contributed by atoms with van der Waals surface area (Å²) in [5.41, 5.74) is 5.74. The summed E-state index contributed by atoms with van der Waals surface area (Å²) < 4.78 is 17.9. The molecule has 186 valence electrons. The van der Waals surface area contributed by atoms with Crippen molar-refractivity contribution >= 4 is 0 Å². The lowest BCUT2D eigenvalue weighted by Gasteiger charge is -2.46. The zero-order valence-corrected chi connectivity index (χ0v) is 21.9. The van der Waals surface area contributed by atoms with Crippen molar-refractivity contribution in [3.63, 3.8) is 0 Å². The molecule has 31 heavy (non-hydrogen) atoms. The molecular formula is C24H51N3O4. The number of aliphatic hydroxyl groups excluding tert-OH is 1. The molecule has 0 aromatic heterocycles. The van der Waals surface area contributed by atoms with E-state index in [9.17, 15) is 5.11 Å². The van der Waals surface area contributed by atoms with Crippen LogP contribution in [0.15, 0.2) is 11.9 Å². The standard InChI is InChI=1S/C24H51N3O4/c1-11-24(10,18-31-23(8,9)22(6,7)19(2)3)17-29-15-20(25)14-27(26)12-13-30-21(4,5)16-28/h14,19,28H,11-13,15-18,25-26H2,1-10H3/b20-14-. The lowest BCUT2D eigenvalue weighted by molar-refractivity contribution is -0.146. The predicted octanol–water partition coefficient (Wildman–Crippen LogP) is 3.66. The van der Waals surface area contributed by atoms with Crippen LogP contribution in [0, 0.1) is 16.7 Å². The first-order valence-electron chi connectivity index (χ1n) is 11.5. The Bertz CT molecular complexity index is 547. The minimum atomic E-state index is -0.579. The molecule has 0 aliphatic rings. The number of nitrogens with zero attached hydrogens (tertiary/aromatic N) is 1. The van der Waals surface area contributed by atoms with Crippen molar-refractivity contribution in [3.8, 4) is 0 Å². The number of aliphatic hydroxyl groups is 1. The van der Waals surface area contributed by atoms with E-state index in [4.69, 9.17) is 25.8 Å². The zero-order chi connectivity index (χ0) is 24.5. The molecular weight excluding hydrogens is 394 g/mol. The zero-order valence-electron chi connectivity index (χ0n) is 21.9. The molecule has 1 unspecified atom stereocenters. The molecule has 0 saturated carbocycles. The SMILES string of the molecule is CCC(C)(COC/C(N)=C/N(N)CCOC(C)(C)CO)COC(C)(C)C(C)(C)C(C)C. The van der Waals surface area contributed by atoms with E-state index >= 15 is 0 Å². The van der Waals surface area contributed by atoms with Crippen LogP contribution >= 0.6 is 0 Å². The first-order chi connectivity index (χ1) is 14.0. The molecule has 1 atom stereocenters. The Morgan fingerprint density at radius 1 is 1.03 bits per heavy atom. The van der Waals surface area contributed by atoms with Crippen molar-refractivity contribution in [2.75, 3.05) is 39.6 Å². The van der Waals surface area contributed by atoms with Crippen LogP contribution in [-0.2, 0) is 14.2 Å². The normalized spacial score (nSPS) is 16.0. The maximum Gasteiger partial charge on any atom is 0.0875 e. The van der Waals surface area contributed by atoms with Gasteiger partial charge in [0.2, 0.25) is 0 Å². The van der Waals surface area contributed by atoms with Gasteiger partial charge in [0.1, 0.15) is 0 Å². The number of nitrogens with two attached hydrogens (primary N) is 2. The quantitative estimate of drug-likeness (QED) is 0.246. The van der Waals surface area contributed by atoms with Crippen LogP contribution in [0.1, 0.15) is 75.7 Å². The first-order valence-corrected chi connectivity index (χ1v) is 11.5. The van der Waals surface area contributed by atoms with E-state index in [1.807, 2.05) is 13.8 Å². The van der Waals surface area contributed by atoms with Crippen molar-refractivity contribution in [2.24, 2.45) is 28.3 Å². The Morgan fingerprint density at radius 2 is 1.61 bits per heavy atom. The monoisotopic (exact) mass is 445 g/mol. The summed E-state index contributed by atoms with van der Waals surface area (Å²) in [6.45, 7) is 23.6. The molecule has 0 aromatic carbocycles. The molecule has 0 aliphatic heterocycles. The molecule has 7 heteroatoms. The molecule has 0 rings (SSSR count). The molecule has 5 N–H and O–H groups in total. The fraction of sp³-hybridized carbons (Fsp3) is 0.917. The van der Waals surface area contributed by atoms with Gasteiger partial charge in [-0.15, -0.1) is 0 Å². The second-order valence-electron chi connectivity index (χ2n) is 11.0. The molecule has 0 amide bonds. The third-order valence-electron chi connectivity index (χ3n) is 6.90. The van der Waals surface area contributed by atoms with Crippen LogP contribution < -0.4 is 11.6 Å². The van der Waals surface area contributed by atoms with Gasteiger partial charge in [-0.2, -0.15) is 0 Å². The summed E-state index contributed by atoms with van der Waals surface area (Å²) in [6, 6.07) is 0. The Morgan fingerprint density at radius 3 is 2.10 bits per heavy atom. The van der Waals surface area contributed by atoms with Crippen LogP contribution in [-0.4, -0.2) is 60.9 Å². The maximum absolute atomic E-state index is 9.21. The molecule has 7 nitrogen and oxygen atoms in total. The highest BCUT2D eigenvalue weighted by Gasteiger charge is 2.41. The maximum atomic E-state index is 9.21. The summed E-state index contributed by atoms with van der Waals surface area (Å²) in [5, 5.41) is 10.7. The minimum absolute atomic E-state index is 0.0462. The van der Waals surface area contributed by atoms with Gasteiger partial charge in [-0.1, -0.05) is 41.5 Å². The molecule has 0 bridgehead atoms. The number of hydrogen-bond acceptors (Lipinski definition) is 7. The van der Waals surface area contributed by atoms with Gasteiger partial charge in [0.05, 0.1) is 56.5 Å². The lowest BCUT2D eigenvalue weighted by Crippen LogP contribution is -2.47. The van der Waals surface area contributed by atoms with Crippen LogP contribution in [0.2, 0.25) is 0 Å². The number of rotatable bonds is 16. The highest BCUT2D eigenvalue weighted by Crippen LogP contribution is 2.41. The molecule has 0 fully saturated rings. The van der Waals surface area contributed by atoms with Crippen molar-refractivity contribution in [1.82, 2.24) is 5.01 Å². The molecule has 0 saturated heterocycles. The highest BCUT2D eigenvalue weighted by molar-refractivity contribution is 4.95. The van der Waals surface area contributed by atoms with E-state index in [0.717, 1.165) is 6.42 Å². The third kappa shape index (κ3) is 10.5. The van der Waals surface area contributed by atoms with E-state index in [2.05, 4.69) is 55.4 Å². The Labute approximate surface area is 191 Å². The highest BCUT2D eigenvalue weighted by atomic mass is 16.5. The second-order valence-corrected chi connectivity index (χ2v) is 11.0. The largest absolute Gasteiger partial charge is 0.399 e. The summed E-state index contributed by atoms with van der Waals surface area (Å²) in [5.74, 6) is 6.46. The summed E-state index contributed by atoms with van der Waals surface area (Å²) in [6.07, 6.45) is 2.60. The minimum Gasteiger partial charge on any atom is -0.399 e. The molecule has 0 aromatic rings. The molecule has 0 spiro atoms. The van der Waals surface area contributed by atoms with Gasteiger partial charge in [0.25, 0.3) is 0 Å². The fourth-order valence-electron chi connectivity index (χ4n) is 2.68. The number of hydrazine groups is 1. The lowest BCUT2D eigenvalue weighted by atomic mass is 9.69. The predicted molar refractivity (Wildman–Crippen MR) is 128 cm³/mol. The van der Waals surface area contributed by atoms with E-state index in [1.165, 1.54) is 5.01 Å². The second kappa shape index (κ2) is 12.4. The van der Waals surface area contributed by atoms with Gasteiger partial charge < -0.3 is 30.1 Å². The van der Waals surface area contributed by atoms with Gasteiger partial charge >= 0.3 is 0 Å². The fourth-order valence-corrected chi connectivity index (χ4v) is 2.68. The van der Waals surface area contributed by atoms with E-state index < -0.39 is 5.60 Å². The van der Waals surface area contributed by atoms with E-state index in [-0.39, 0.29) is 23.0 Å². The molecule has 0 heterocycles. The van der Waals surface area contributed by atoms with E-state index in [0.29, 0.717) is 44.6 Å². The van der Waals surface area contributed by atoms with Crippen LogP contribution in [0.25, 0.3) is 0 Å². The Kier molecular flexibility index (Phi) is 12.1. The van der Waals surface area contributed by atoms with Crippen LogP contribution in [0.3, 0.4) is 0 Å². The van der Waals surface area contributed by atoms with Crippen molar-refractivity contribution in [3.05, 3.63) is 11.9 Å². The van der Waals surface area contributed by atoms with E-state index in [1.54, 1.807) is 6.20 Å². The van der Waals surface area contributed by atoms with Crippen molar-refractivity contribution in [2.45, 2.75) is 86.9 Å². The number of hydrogen-bond donors (Lipinski definition) is 3. The average Bonchev–Trinajstić information content (AvgIpc) is 2.66. The smallest absolute Gasteiger partial charge is 0.0875 e. The number of ether oxygens (including phenoxy) is 3. The third-order valence-corrected chi connectivity index (χ3v) is 6.90. The van der Waals surface area contributed by atoms with Gasteiger partial charge in [-0.3, -0.25) is 0 Å². The van der Waals surface area contributed by atoms with Gasteiger partial charge in [0.15, 0.2) is 0 Å². The van der Waals surface area contributed by atoms with Crippen LogP contribution in [0.5, 0.6) is 0 Å². The van der Waals surface area contributed by atoms with Crippen LogP contribution in [0.4, 0.5) is 0 Å².